The molecule has 0 aromatic carbocycles. The molecule has 0 unspecified atom stereocenters. The van der Waals surface area contributed by atoms with Gasteiger partial charge in [0.2, 0.25) is 5.91 Å². The Bertz CT molecular complexity index is 585. The SMILES string of the molecule is CN(C(=O)Cn1ccc(=O)n(CCN)c1=O)C1CC1. The molecule has 1 aromatic rings. The Labute approximate surface area is 110 Å². The maximum atomic E-state index is 12.0. The van der Waals surface area contributed by atoms with E-state index in [9.17, 15) is 14.4 Å². The lowest BCUT2D eigenvalue weighted by Gasteiger charge is -2.17. The van der Waals surface area contributed by atoms with E-state index < -0.39 is 11.2 Å². The van der Waals surface area contributed by atoms with Crippen LogP contribution in [0.15, 0.2) is 21.9 Å². The summed E-state index contributed by atoms with van der Waals surface area (Å²) in [5.74, 6) is -0.123. The van der Waals surface area contributed by atoms with Gasteiger partial charge in [-0.05, 0) is 12.8 Å². The van der Waals surface area contributed by atoms with Gasteiger partial charge in [0.15, 0.2) is 0 Å². The van der Waals surface area contributed by atoms with Crippen molar-refractivity contribution in [1.82, 2.24) is 14.0 Å². The summed E-state index contributed by atoms with van der Waals surface area (Å²) in [6, 6.07) is 1.58. The minimum absolute atomic E-state index is 0.0450. The molecule has 1 heterocycles. The molecule has 1 saturated carbocycles. The largest absolute Gasteiger partial charge is 0.341 e. The van der Waals surface area contributed by atoms with Crippen molar-refractivity contribution in [3.05, 3.63) is 33.1 Å². The number of nitrogens with two attached hydrogens (primary N) is 1. The second-order valence-electron chi connectivity index (χ2n) is 4.74. The normalized spacial score (nSPS) is 14.4. The van der Waals surface area contributed by atoms with Gasteiger partial charge >= 0.3 is 5.69 Å². The molecule has 1 aromatic heterocycles. The molecule has 0 spiro atoms. The van der Waals surface area contributed by atoms with Gasteiger partial charge in [0.05, 0.1) is 0 Å². The summed E-state index contributed by atoms with van der Waals surface area (Å²) in [7, 11) is 1.74. The molecule has 19 heavy (non-hydrogen) atoms. The number of nitrogens with zero attached hydrogens (tertiary/aromatic N) is 3. The molecule has 7 nitrogen and oxygen atoms in total. The summed E-state index contributed by atoms with van der Waals surface area (Å²) in [5, 5.41) is 0. The predicted molar refractivity (Wildman–Crippen MR) is 69.8 cm³/mol. The van der Waals surface area contributed by atoms with Crippen molar-refractivity contribution in [3.8, 4) is 0 Å². The lowest BCUT2D eigenvalue weighted by Crippen LogP contribution is -2.43. The maximum absolute atomic E-state index is 12.0. The summed E-state index contributed by atoms with van der Waals surface area (Å²) in [4.78, 5) is 37.2. The summed E-state index contributed by atoms with van der Waals surface area (Å²) in [6.07, 6.45) is 3.39. The zero-order chi connectivity index (χ0) is 14.0. The van der Waals surface area contributed by atoms with Gasteiger partial charge in [0.1, 0.15) is 6.54 Å². The van der Waals surface area contributed by atoms with Crippen LogP contribution in [-0.4, -0.2) is 39.6 Å². The third-order valence-electron chi connectivity index (χ3n) is 3.29. The Balaban J connectivity index is 2.20. The summed E-state index contributed by atoms with van der Waals surface area (Å²) in [6.45, 7) is 0.316. The van der Waals surface area contributed by atoms with Crippen LogP contribution in [0.4, 0.5) is 0 Å². The van der Waals surface area contributed by atoms with Crippen molar-refractivity contribution in [2.75, 3.05) is 13.6 Å². The minimum Gasteiger partial charge on any atom is -0.341 e. The van der Waals surface area contributed by atoms with E-state index in [-0.39, 0.29) is 25.5 Å². The van der Waals surface area contributed by atoms with E-state index in [1.807, 2.05) is 0 Å². The average molecular weight is 266 g/mol. The lowest BCUT2D eigenvalue weighted by molar-refractivity contribution is -0.131. The molecule has 1 aliphatic carbocycles. The minimum atomic E-state index is -0.490. The average Bonchev–Trinajstić information content (AvgIpc) is 3.21. The number of carbonyl (C=O) groups is 1. The van der Waals surface area contributed by atoms with Crippen LogP contribution in [0.1, 0.15) is 12.8 Å². The number of likely N-dealkylation sites (N-methyl/N-ethyl adjacent to an activating group) is 1. The fourth-order valence-electron chi connectivity index (χ4n) is 1.93. The van der Waals surface area contributed by atoms with Crippen LogP contribution in [0.3, 0.4) is 0 Å². The number of hydrogen-bond acceptors (Lipinski definition) is 4. The highest BCUT2D eigenvalue weighted by Gasteiger charge is 2.29. The molecule has 0 atom stereocenters. The second-order valence-corrected chi connectivity index (χ2v) is 4.74. The van der Waals surface area contributed by atoms with E-state index in [2.05, 4.69) is 0 Å². The molecule has 0 bridgehead atoms. The van der Waals surface area contributed by atoms with Crippen LogP contribution >= 0.6 is 0 Å². The molecule has 0 saturated heterocycles. The Morgan fingerprint density at radius 1 is 1.47 bits per heavy atom. The van der Waals surface area contributed by atoms with Gasteiger partial charge in [-0.1, -0.05) is 0 Å². The first-order valence-corrected chi connectivity index (χ1v) is 6.30. The van der Waals surface area contributed by atoms with Crippen LogP contribution in [0.2, 0.25) is 0 Å². The van der Waals surface area contributed by atoms with E-state index in [1.54, 1.807) is 11.9 Å². The van der Waals surface area contributed by atoms with E-state index in [0.29, 0.717) is 6.04 Å². The first-order chi connectivity index (χ1) is 9.04. The molecular formula is C12H18N4O3. The van der Waals surface area contributed by atoms with E-state index in [1.165, 1.54) is 16.8 Å². The standard InChI is InChI=1S/C12H18N4O3/c1-14(9-2-3-9)11(18)8-15-6-4-10(17)16(7-5-13)12(15)19/h4,6,9H,2-3,5,7-8,13H2,1H3. The number of carbonyl (C=O) groups excluding carboxylic acids is 1. The highest BCUT2D eigenvalue weighted by molar-refractivity contribution is 5.76. The first kappa shape index (κ1) is 13.5. The smallest absolute Gasteiger partial charge is 0.331 e. The predicted octanol–water partition coefficient (Wildman–Crippen LogP) is -1.41. The molecule has 0 aliphatic heterocycles. The quantitative estimate of drug-likeness (QED) is 0.709. The van der Waals surface area contributed by atoms with Crippen LogP contribution in [0.25, 0.3) is 0 Å². The molecular weight excluding hydrogens is 248 g/mol. The van der Waals surface area contributed by atoms with E-state index in [0.717, 1.165) is 17.4 Å². The van der Waals surface area contributed by atoms with Gasteiger partial charge in [-0.3, -0.25) is 18.7 Å². The fourth-order valence-corrected chi connectivity index (χ4v) is 1.93. The second kappa shape index (κ2) is 5.40. The number of rotatable bonds is 5. The molecule has 1 amide bonds. The molecule has 0 radical (unpaired) electrons. The van der Waals surface area contributed by atoms with Gasteiger partial charge in [0.25, 0.3) is 5.56 Å². The van der Waals surface area contributed by atoms with Gasteiger partial charge in [-0.25, -0.2) is 4.79 Å². The summed E-state index contributed by atoms with van der Waals surface area (Å²) in [5.41, 5.74) is 4.48. The fraction of sp³-hybridized carbons (Fsp3) is 0.583. The van der Waals surface area contributed by atoms with Gasteiger partial charge in [0, 0.05) is 38.4 Å². The van der Waals surface area contributed by atoms with Crippen molar-refractivity contribution >= 4 is 5.91 Å². The number of aromatic nitrogens is 2. The zero-order valence-corrected chi connectivity index (χ0v) is 10.9. The first-order valence-electron chi connectivity index (χ1n) is 6.30. The Morgan fingerprint density at radius 3 is 2.74 bits per heavy atom. The molecule has 1 fully saturated rings. The van der Waals surface area contributed by atoms with Crippen molar-refractivity contribution < 1.29 is 4.79 Å². The van der Waals surface area contributed by atoms with Crippen molar-refractivity contribution in [2.45, 2.75) is 32.0 Å². The topological polar surface area (TPSA) is 90.3 Å². The van der Waals surface area contributed by atoms with Crippen LogP contribution in [0.5, 0.6) is 0 Å². The van der Waals surface area contributed by atoms with Crippen molar-refractivity contribution in [1.29, 1.82) is 0 Å². The lowest BCUT2D eigenvalue weighted by atomic mass is 10.4. The Morgan fingerprint density at radius 2 is 2.16 bits per heavy atom. The third kappa shape index (κ3) is 2.93. The number of amides is 1. The monoisotopic (exact) mass is 266 g/mol. The highest BCUT2D eigenvalue weighted by atomic mass is 16.2. The third-order valence-corrected chi connectivity index (χ3v) is 3.29. The van der Waals surface area contributed by atoms with E-state index in [4.69, 9.17) is 5.73 Å². The highest BCUT2D eigenvalue weighted by Crippen LogP contribution is 2.25. The Hall–Kier alpha value is -1.89. The number of hydrogen-bond donors (Lipinski definition) is 1. The van der Waals surface area contributed by atoms with E-state index >= 15 is 0 Å². The van der Waals surface area contributed by atoms with Crippen molar-refractivity contribution in [2.24, 2.45) is 5.73 Å². The van der Waals surface area contributed by atoms with Crippen LogP contribution in [0, 0.1) is 0 Å². The van der Waals surface area contributed by atoms with Gasteiger partial charge in [-0.15, -0.1) is 0 Å². The molecule has 2 rings (SSSR count). The van der Waals surface area contributed by atoms with Gasteiger partial charge in [-0.2, -0.15) is 0 Å². The summed E-state index contributed by atoms with van der Waals surface area (Å²) < 4.78 is 2.29. The molecule has 104 valence electrons. The summed E-state index contributed by atoms with van der Waals surface area (Å²) >= 11 is 0. The Kier molecular flexibility index (Phi) is 3.84. The molecule has 2 N–H and O–H groups in total. The zero-order valence-electron chi connectivity index (χ0n) is 10.9. The molecule has 7 heteroatoms. The maximum Gasteiger partial charge on any atom is 0.331 e. The van der Waals surface area contributed by atoms with Crippen LogP contribution in [-0.2, 0) is 17.9 Å². The molecule has 1 aliphatic rings. The van der Waals surface area contributed by atoms with Crippen LogP contribution < -0.4 is 17.0 Å². The van der Waals surface area contributed by atoms with Crippen molar-refractivity contribution in [3.63, 3.8) is 0 Å². The van der Waals surface area contributed by atoms with Gasteiger partial charge < -0.3 is 10.6 Å².